The Balaban J connectivity index is 2.14. The van der Waals surface area contributed by atoms with E-state index in [-0.39, 0.29) is 12.5 Å². The van der Waals surface area contributed by atoms with Crippen LogP contribution in [-0.2, 0) is 11.2 Å². The van der Waals surface area contributed by atoms with E-state index in [4.69, 9.17) is 5.11 Å². The van der Waals surface area contributed by atoms with E-state index in [0.29, 0.717) is 31.7 Å². The first-order chi connectivity index (χ1) is 10.1. The van der Waals surface area contributed by atoms with Crippen molar-refractivity contribution in [3.05, 3.63) is 23.3 Å². The summed E-state index contributed by atoms with van der Waals surface area (Å²) in [6, 6.07) is 0. The number of rotatable bonds is 6. The molecule has 0 aromatic carbocycles. The zero-order valence-electron chi connectivity index (χ0n) is 12.7. The van der Waals surface area contributed by atoms with Crippen LogP contribution >= 0.6 is 0 Å². The van der Waals surface area contributed by atoms with Gasteiger partial charge in [0.25, 0.3) is 5.78 Å². The number of carbonyl (C=O) groups is 1. The fraction of sp³-hybridized carbons (Fsp3) is 0.571. The van der Waals surface area contributed by atoms with Gasteiger partial charge in [-0.15, -0.1) is 0 Å². The summed E-state index contributed by atoms with van der Waals surface area (Å²) < 4.78 is 1.69. The molecule has 7 heteroatoms. The minimum atomic E-state index is -0.00981. The standard InChI is InChI=1S/C14H21N5O2/c1-4-18(7-8-20)13(21)6-5-12-10(2)17-14-15-9-16-19(14)11(12)3/h9,20H,4-8H2,1-3H3. The van der Waals surface area contributed by atoms with Gasteiger partial charge in [-0.25, -0.2) is 9.50 Å². The maximum atomic E-state index is 12.1. The first kappa shape index (κ1) is 15.4. The number of carbonyl (C=O) groups excluding carboxylic acids is 1. The Morgan fingerprint density at radius 3 is 2.86 bits per heavy atom. The monoisotopic (exact) mass is 291 g/mol. The number of fused-ring (bicyclic) bond motifs is 1. The van der Waals surface area contributed by atoms with Crippen LogP contribution in [-0.4, -0.2) is 55.2 Å². The molecule has 114 valence electrons. The van der Waals surface area contributed by atoms with Crippen LogP contribution in [0.2, 0.25) is 0 Å². The third kappa shape index (κ3) is 3.18. The lowest BCUT2D eigenvalue weighted by Gasteiger charge is -2.20. The molecule has 2 aromatic rings. The zero-order valence-corrected chi connectivity index (χ0v) is 12.7. The molecule has 0 spiro atoms. The summed E-state index contributed by atoms with van der Waals surface area (Å²) in [5, 5.41) is 13.1. The molecule has 1 N–H and O–H groups in total. The Morgan fingerprint density at radius 1 is 1.43 bits per heavy atom. The fourth-order valence-electron chi connectivity index (χ4n) is 2.49. The number of hydrogen-bond donors (Lipinski definition) is 1. The molecule has 2 rings (SSSR count). The minimum absolute atomic E-state index is 0.00981. The largest absolute Gasteiger partial charge is 0.395 e. The topological polar surface area (TPSA) is 83.6 Å². The lowest BCUT2D eigenvalue weighted by Crippen LogP contribution is -2.33. The van der Waals surface area contributed by atoms with Gasteiger partial charge in [-0.2, -0.15) is 10.1 Å². The number of aryl methyl sites for hydroxylation is 2. The highest BCUT2D eigenvalue weighted by Crippen LogP contribution is 2.15. The van der Waals surface area contributed by atoms with Crippen molar-refractivity contribution in [3.63, 3.8) is 0 Å². The molecular weight excluding hydrogens is 270 g/mol. The molecule has 0 atom stereocenters. The predicted octanol–water partition coefficient (Wildman–Crippen LogP) is 0.515. The van der Waals surface area contributed by atoms with Crippen LogP contribution in [0, 0.1) is 13.8 Å². The SMILES string of the molecule is CCN(CCO)C(=O)CCc1c(C)nc2ncnn2c1C. The van der Waals surface area contributed by atoms with E-state index in [9.17, 15) is 4.79 Å². The van der Waals surface area contributed by atoms with Gasteiger partial charge in [-0.1, -0.05) is 0 Å². The molecule has 0 bridgehead atoms. The Bertz CT molecular complexity index is 638. The van der Waals surface area contributed by atoms with Gasteiger partial charge in [0.2, 0.25) is 5.91 Å². The fourth-order valence-corrected chi connectivity index (χ4v) is 2.49. The quantitative estimate of drug-likeness (QED) is 0.838. The van der Waals surface area contributed by atoms with Crippen molar-refractivity contribution in [1.29, 1.82) is 0 Å². The van der Waals surface area contributed by atoms with Gasteiger partial charge in [0.1, 0.15) is 6.33 Å². The summed E-state index contributed by atoms with van der Waals surface area (Å²) in [5.74, 6) is 0.625. The maximum Gasteiger partial charge on any atom is 0.252 e. The van der Waals surface area contributed by atoms with E-state index in [1.807, 2.05) is 20.8 Å². The third-order valence-electron chi connectivity index (χ3n) is 3.68. The van der Waals surface area contributed by atoms with E-state index in [0.717, 1.165) is 17.0 Å². The van der Waals surface area contributed by atoms with Crippen molar-refractivity contribution in [2.24, 2.45) is 0 Å². The molecular formula is C14H21N5O2. The molecule has 0 aliphatic carbocycles. The molecule has 0 aliphatic heterocycles. The third-order valence-corrected chi connectivity index (χ3v) is 3.68. The smallest absolute Gasteiger partial charge is 0.252 e. The summed E-state index contributed by atoms with van der Waals surface area (Å²) in [6.07, 6.45) is 2.49. The van der Waals surface area contributed by atoms with Crippen LogP contribution in [0.3, 0.4) is 0 Å². The van der Waals surface area contributed by atoms with Gasteiger partial charge in [0, 0.05) is 30.9 Å². The van der Waals surface area contributed by atoms with Crippen LogP contribution in [0.25, 0.3) is 5.78 Å². The lowest BCUT2D eigenvalue weighted by atomic mass is 10.1. The van der Waals surface area contributed by atoms with Crippen molar-refractivity contribution >= 4 is 11.7 Å². The molecule has 2 aromatic heterocycles. The van der Waals surface area contributed by atoms with Crippen LogP contribution in [0.4, 0.5) is 0 Å². The van der Waals surface area contributed by atoms with Crippen molar-refractivity contribution in [2.45, 2.75) is 33.6 Å². The number of hydrogen-bond acceptors (Lipinski definition) is 5. The minimum Gasteiger partial charge on any atom is -0.395 e. The summed E-state index contributed by atoms with van der Waals surface area (Å²) >= 11 is 0. The highest BCUT2D eigenvalue weighted by Gasteiger charge is 2.15. The first-order valence-corrected chi connectivity index (χ1v) is 7.13. The molecule has 0 unspecified atom stereocenters. The second-order valence-corrected chi connectivity index (χ2v) is 4.93. The van der Waals surface area contributed by atoms with E-state index in [1.54, 1.807) is 9.42 Å². The average Bonchev–Trinajstić information content (AvgIpc) is 2.92. The number of likely N-dealkylation sites (N-methyl/N-ethyl adjacent to an activating group) is 1. The number of nitrogens with zero attached hydrogens (tertiary/aromatic N) is 5. The number of aromatic nitrogens is 4. The Labute approximate surface area is 123 Å². The molecule has 0 fully saturated rings. The number of aliphatic hydroxyl groups is 1. The van der Waals surface area contributed by atoms with Gasteiger partial charge in [0.15, 0.2) is 0 Å². The van der Waals surface area contributed by atoms with Crippen LogP contribution in [0.5, 0.6) is 0 Å². The van der Waals surface area contributed by atoms with Gasteiger partial charge >= 0.3 is 0 Å². The number of aliphatic hydroxyl groups excluding tert-OH is 1. The maximum absolute atomic E-state index is 12.1. The highest BCUT2D eigenvalue weighted by atomic mass is 16.3. The van der Waals surface area contributed by atoms with E-state index in [2.05, 4.69) is 15.1 Å². The van der Waals surface area contributed by atoms with Crippen molar-refractivity contribution in [2.75, 3.05) is 19.7 Å². The summed E-state index contributed by atoms with van der Waals surface area (Å²) in [4.78, 5) is 22.3. The van der Waals surface area contributed by atoms with Gasteiger partial charge in [-0.3, -0.25) is 4.79 Å². The molecule has 0 saturated carbocycles. The average molecular weight is 291 g/mol. The van der Waals surface area contributed by atoms with E-state index >= 15 is 0 Å². The lowest BCUT2D eigenvalue weighted by molar-refractivity contribution is -0.131. The molecule has 7 nitrogen and oxygen atoms in total. The molecule has 0 radical (unpaired) electrons. The van der Waals surface area contributed by atoms with Crippen LogP contribution < -0.4 is 0 Å². The Kier molecular flexibility index (Phi) is 4.85. The summed E-state index contributed by atoms with van der Waals surface area (Å²) in [5.41, 5.74) is 2.88. The van der Waals surface area contributed by atoms with Crippen molar-refractivity contribution in [3.8, 4) is 0 Å². The van der Waals surface area contributed by atoms with Gasteiger partial charge in [0.05, 0.1) is 6.61 Å². The molecule has 1 amide bonds. The second kappa shape index (κ2) is 6.62. The zero-order chi connectivity index (χ0) is 15.4. The normalized spacial score (nSPS) is 11.0. The second-order valence-electron chi connectivity index (χ2n) is 4.93. The molecule has 2 heterocycles. The summed E-state index contributed by atoms with van der Waals surface area (Å²) in [7, 11) is 0. The molecule has 0 aliphatic rings. The van der Waals surface area contributed by atoms with Crippen molar-refractivity contribution < 1.29 is 9.90 Å². The Hall–Kier alpha value is -2.02. The highest BCUT2D eigenvalue weighted by molar-refractivity contribution is 5.76. The molecule has 0 saturated heterocycles. The molecule has 21 heavy (non-hydrogen) atoms. The van der Waals surface area contributed by atoms with Crippen LogP contribution in [0.1, 0.15) is 30.3 Å². The van der Waals surface area contributed by atoms with Crippen molar-refractivity contribution in [1.82, 2.24) is 24.5 Å². The van der Waals surface area contributed by atoms with Gasteiger partial charge in [-0.05, 0) is 32.8 Å². The Morgan fingerprint density at radius 2 is 2.19 bits per heavy atom. The van der Waals surface area contributed by atoms with E-state index < -0.39 is 0 Å². The predicted molar refractivity (Wildman–Crippen MR) is 77.9 cm³/mol. The van der Waals surface area contributed by atoms with Crippen LogP contribution in [0.15, 0.2) is 6.33 Å². The van der Waals surface area contributed by atoms with E-state index in [1.165, 1.54) is 6.33 Å². The van der Waals surface area contributed by atoms with Gasteiger partial charge < -0.3 is 10.0 Å². The number of amides is 1. The first-order valence-electron chi connectivity index (χ1n) is 7.13. The summed E-state index contributed by atoms with van der Waals surface area (Å²) in [6.45, 7) is 6.77.